The minimum absolute atomic E-state index is 0.305. The van der Waals surface area contributed by atoms with Gasteiger partial charge in [0.05, 0.1) is 0 Å². The molecule has 0 aromatic heterocycles. The van der Waals surface area contributed by atoms with E-state index >= 15 is 0 Å². The van der Waals surface area contributed by atoms with Crippen molar-refractivity contribution in [3.8, 4) is 0 Å². The monoisotopic (exact) mass is 236 g/mol. The highest BCUT2D eigenvalue weighted by Gasteiger charge is 2.03. The smallest absolute Gasteiger partial charge is 0.407 e. The number of nitrogens with one attached hydrogen (secondary N) is 1. The Bertz CT molecular complexity index is 327. The van der Waals surface area contributed by atoms with Crippen LogP contribution in [0.5, 0.6) is 0 Å². The standard InChI is InChI=1S/C13H20N2O2/c1-11(9-14)7-8-15-13(16)17-10-12-5-3-2-4-6-12/h2-6,11H,7-10,14H2,1H3,(H,15,16)/t11-/m1/s1. The van der Waals surface area contributed by atoms with E-state index in [0.29, 0.717) is 25.6 Å². The van der Waals surface area contributed by atoms with Crippen molar-refractivity contribution < 1.29 is 9.53 Å². The maximum absolute atomic E-state index is 11.3. The number of ether oxygens (including phenoxy) is 1. The van der Waals surface area contributed by atoms with Crippen LogP contribution in [0.15, 0.2) is 30.3 Å². The third-order valence-electron chi connectivity index (χ3n) is 2.52. The Morgan fingerprint density at radius 3 is 2.76 bits per heavy atom. The topological polar surface area (TPSA) is 64.3 Å². The number of hydrogen-bond donors (Lipinski definition) is 2. The predicted molar refractivity (Wildman–Crippen MR) is 67.5 cm³/mol. The van der Waals surface area contributed by atoms with Gasteiger partial charge in [-0.25, -0.2) is 4.79 Å². The molecule has 0 heterocycles. The second kappa shape index (κ2) is 7.68. The Kier molecular flexibility index (Phi) is 6.10. The lowest BCUT2D eigenvalue weighted by molar-refractivity contribution is 0.139. The Labute approximate surface area is 102 Å². The minimum atomic E-state index is -0.377. The summed E-state index contributed by atoms with van der Waals surface area (Å²) in [6.07, 6.45) is 0.495. The van der Waals surface area contributed by atoms with Crippen LogP contribution in [0.1, 0.15) is 18.9 Å². The van der Waals surface area contributed by atoms with Crippen LogP contribution in [0.2, 0.25) is 0 Å². The van der Waals surface area contributed by atoms with Crippen molar-refractivity contribution in [2.45, 2.75) is 20.0 Å². The number of benzene rings is 1. The van der Waals surface area contributed by atoms with Crippen molar-refractivity contribution in [3.63, 3.8) is 0 Å². The van der Waals surface area contributed by atoms with Gasteiger partial charge >= 0.3 is 6.09 Å². The molecule has 0 saturated heterocycles. The van der Waals surface area contributed by atoms with E-state index in [-0.39, 0.29) is 6.09 Å². The number of rotatable bonds is 6. The van der Waals surface area contributed by atoms with E-state index in [4.69, 9.17) is 10.5 Å². The summed E-state index contributed by atoms with van der Waals surface area (Å²) >= 11 is 0. The lowest BCUT2D eigenvalue weighted by Crippen LogP contribution is -2.27. The maximum Gasteiger partial charge on any atom is 0.407 e. The van der Waals surface area contributed by atoms with Crippen molar-refractivity contribution in [3.05, 3.63) is 35.9 Å². The summed E-state index contributed by atoms with van der Waals surface area (Å²) in [5.41, 5.74) is 6.46. The molecule has 94 valence electrons. The zero-order valence-corrected chi connectivity index (χ0v) is 10.2. The fourth-order valence-electron chi connectivity index (χ4n) is 1.31. The third kappa shape index (κ3) is 5.92. The van der Waals surface area contributed by atoms with Gasteiger partial charge < -0.3 is 15.8 Å². The predicted octanol–water partition coefficient (Wildman–Crippen LogP) is 1.90. The van der Waals surface area contributed by atoms with E-state index in [1.54, 1.807) is 0 Å². The van der Waals surface area contributed by atoms with Crippen LogP contribution >= 0.6 is 0 Å². The molecule has 4 heteroatoms. The normalized spacial score (nSPS) is 11.9. The van der Waals surface area contributed by atoms with Gasteiger partial charge in [-0.3, -0.25) is 0 Å². The quantitative estimate of drug-likeness (QED) is 0.792. The van der Waals surface area contributed by atoms with Gasteiger partial charge in [-0.05, 0) is 24.4 Å². The molecule has 0 aliphatic rings. The van der Waals surface area contributed by atoms with E-state index < -0.39 is 0 Å². The number of hydrogen-bond acceptors (Lipinski definition) is 3. The number of nitrogens with two attached hydrogens (primary N) is 1. The highest BCUT2D eigenvalue weighted by atomic mass is 16.5. The molecule has 0 saturated carbocycles. The molecule has 0 unspecified atom stereocenters. The van der Waals surface area contributed by atoms with Crippen molar-refractivity contribution >= 4 is 6.09 Å². The fourth-order valence-corrected chi connectivity index (χ4v) is 1.31. The number of carbonyl (C=O) groups is 1. The zero-order chi connectivity index (χ0) is 12.5. The van der Waals surface area contributed by atoms with Gasteiger partial charge in [0.15, 0.2) is 0 Å². The average molecular weight is 236 g/mol. The van der Waals surface area contributed by atoms with Crippen LogP contribution in [0, 0.1) is 5.92 Å². The first-order chi connectivity index (χ1) is 8.22. The molecule has 0 fully saturated rings. The van der Waals surface area contributed by atoms with E-state index in [1.165, 1.54) is 0 Å². The Morgan fingerprint density at radius 2 is 2.12 bits per heavy atom. The largest absolute Gasteiger partial charge is 0.445 e. The molecule has 17 heavy (non-hydrogen) atoms. The minimum Gasteiger partial charge on any atom is -0.445 e. The van der Waals surface area contributed by atoms with Crippen molar-refractivity contribution in [1.82, 2.24) is 5.32 Å². The van der Waals surface area contributed by atoms with Gasteiger partial charge in [0.1, 0.15) is 6.61 Å². The summed E-state index contributed by atoms with van der Waals surface area (Å²) in [6.45, 7) is 3.60. The van der Waals surface area contributed by atoms with Gasteiger partial charge in [-0.15, -0.1) is 0 Å². The summed E-state index contributed by atoms with van der Waals surface area (Å²) in [6, 6.07) is 9.60. The Morgan fingerprint density at radius 1 is 1.41 bits per heavy atom. The Balaban J connectivity index is 2.13. The van der Waals surface area contributed by atoms with Crippen molar-refractivity contribution in [2.24, 2.45) is 11.7 Å². The Hall–Kier alpha value is -1.55. The SMILES string of the molecule is C[C@@H](CN)CCNC(=O)OCc1ccccc1. The summed E-state index contributed by atoms with van der Waals surface area (Å²) in [4.78, 5) is 11.3. The van der Waals surface area contributed by atoms with Gasteiger partial charge in [0.25, 0.3) is 0 Å². The van der Waals surface area contributed by atoms with Gasteiger partial charge in [0.2, 0.25) is 0 Å². The maximum atomic E-state index is 11.3. The van der Waals surface area contributed by atoms with Crippen LogP contribution in [0.25, 0.3) is 0 Å². The molecule has 0 radical (unpaired) electrons. The molecule has 1 aromatic rings. The van der Waals surface area contributed by atoms with Gasteiger partial charge in [-0.1, -0.05) is 37.3 Å². The van der Waals surface area contributed by atoms with Crippen molar-refractivity contribution in [1.29, 1.82) is 0 Å². The molecule has 1 amide bonds. The number of alkyl carbamates (subject to hydrolysis) is 1. The molecule has 0 spiro atoms. The lowest BCUT2D eigenvalue weighted by atomic mass is 10.1. The second-order valence-electron chi connectivity index (χ2n) is 4.12. The van der Waals surface area contributed by atoms with Crippen molar-refractivity contribution in [2.75, 3.05) is 13.1 Å². The van der Waals surface area contributed by atoms with Crippen LogP contribution in [0.4, 0.5) is 4.79 Å². The molecule has 3 N–H and O–H groups in total. The molecular weight excluding hydrogens is 216 g/mol. The summed E-state index contributed by atoms with van der Waals surface area (Å²) in [5, 5.41) is 2.70. The van der Waals surface area contributed by atoms with Crippen LogP contribution in [-0.2, 0) is 11.3 Å². The summed E-state index contributed by atoms with van der Waals surface area (Å²) in [5.74, 6) is 0.421. The van der Waals surface area contributed by atoms with Crippen LogP contribution in [0.3, 0.4) is 0 Å². The first-order valence-corrected chi connectivity index (χ1v) is 5.87. The molecular formula is C13H20N2O2. The molecule has 4 nitrogen and oxygen atoms in total. The third-order valence-corrected chi connectivity index (χ3v) is 2.52. The molecule has 0 aliphatic heterocycles. The van der Waals surface area contributed by atoms with Crippen LogP contribution in [-0.4, -0.2) is 19.2 Å². The molecule has 1 atom stereocenters. The molecule has 1 aromatic carbocycles. The van der Waals surface area contributed by atoms with E-state index in [9.17, 15) is 4.79 Å². The van der Waals surface area contributed by atoms with E-state index in [0.717, 1.165) is 12.0 Å². The molecule has 1 rings (SSSR count). The van der Waals surface area contributed by atoms with Gasteiger partial charge in [-0.2, -0.15) is 0 Å². The average Bonchev–Trinajstić information content (AvgIpc) is 2.37. The van der Waals surface area contributed by atoms with E-state index in [1.807, 2.05) is 30.3 Å². The second-order valence-corrected chi connectivity index (χ2v) is 4.12. The van der Waals surface area contributed by atoms with Gasteiger partial charge in [0, 0.05) is 6.54 Å². The van der Waals surface area contributed by atoms with Crippen LogP contribution < -0.4 is 11.1 Å². The summed E-state index contributed by atoms with van der Waals surface area (Å²) < 4.78 is 5.06. The highest BCUT2D eigenvalue weighted by molar-refractivity contribution is 5.67. The summed E-state index contributed by atoms with van der Waals surface area (Å²) in [7, 11) is 0. The number of amides is 1. The zero-order valence-electron chi connectivity index (χ0n) is 10.2. The molecule has 0 aliphatic carbocycles. The first-order valence-electron chi connectivity index (χ1n) is 5.87. The number of carbonyl (C=O) groups excluding carboxylic acids is 1. The highest BCUT2D eigenvalue weighted by Crippen LogP contribution is 2.01. The van der Waals surface area contributed by atoms with E-state index in [2.05, 4.69) is 12.2 Å². The molecule has 0 bridgehead atoms. The lowest BCUT2D eigenvalue weighted by Gasteiger charge is -2.09. The first kappa shape index (κ1) is 13.5. The fraction of sp³-hybridized carbons (Fsp3) is 0.462.